The van der Waals surface area contributed by atoms with E-state index in [1.807, 2.05) is 6.92 Å². The summed E-state index contributed by atoms with van der Waals surface area (Å²) >= 11 is 0. The van der Waals surface area contributed by atoms with Crippen LogP contribution in [-0.2, 0) is 0 Å². The van der Waals surface area contributed by atoms with E-state index in [1.54, 1.807) is 12.1 Å². The van der Waals surface area contributed by atoms with Crippen molar-refractivity contribution in [3.8, 4) is 0 Å². The fraction of sp³-hybridized carbons (Fsp3) is 0.533. The van der Waals surface area contributed by atoms with Gasteiger partial charge >= 0.3 is 0 Å². The molecule has 0 aliphatic heterocycles. The van der Waals surface area contributed by atoms with E-state index < -0.39 is 4.92 Å². The first kappa shape index (κ1) is 16.9. The highest BCUT2D eigenvalue weighted by molar-refractivity contribution is 5.95. The maximum absolute atomic E-state index is 12.0. The molecule has 1 amide bonds. The zero-order chi connectivity index (χ0) is 15.7. The summed E-state index contributed by atoms with van der Waals surface area (Å²) in [7, 11) is 0. The molecule has 0 aliphatic carbocycles. The third-order valence-electron chi connectivity index (χ3n) is 3.09. The van der Waals surface area contributed by atoms with Crippen molar-refractivity contribution < 1.29 is 9.72 Å². The fourth-order valence-electron chi connectivity index (χ4n) is 1.91. The molecule has 0 aliphatic rings. The minimum absolute atomic E-state index is 0.0651. The van der Waals surface area contributed by atoms with Gasteiger partial charge in [-0.3, -0.25) is 14.9 Å². The molecule has 116 valence electrons. The highest BCUT2D eigenvalue weighted by Crippen LogP contribution is 2.25. The van der Waals surface area contributed by atoms with E-state index in [-0.39, 0.29) is 11.6 Å². The van der Waals surface area contributed by atoms with E-state index in [2.05, 4.69) is 17.6 Å². The van der Waals surface area contributed by atoms with Gasteiger partial charge in [0.1, 0.15) is 5.69 Å². The molecule has 0 atom stereocenters. The summed E-state index contributed by atoms with van der Waals surface area (Å²) in [5.74, 6) is -0.267. The van der Waals surface area contributed by atoms with Crippen LogP contribution in [0, 0.1) is 10.1 Å². The van der Waals surface area contributed by atoms with Crippen LogP contribution in [0.15, 0.2) is 18.2 Å². The first-order chi connectivity index (χ1) is 10.1. The molecule has 0 fully saturated rings. The second kappa shape index (κ2) is 8.94. The van der Waals surface area contributed by atoms with Crippen molar-refractivity contribution in [1.29, 1.82) is 0 Å². The molecule has 0 bridgehead atoms. The van der Waals surface area contributed by atoms with E-state index in [0.29, 0.717) is 24.3 Å². The number of nitro groups is 1. The fourth-order valence-corrected chi connectivity index (χ4v) is 1.91. The predicted octanol–water partition coefficient (Wildman–Crippen LogP) is 3.34. The molecule has 1 aromatic rings. The lowest BCUT2D eigenvalue weighted by molar-refractivity contribution is -0.384. The molecule has 0 radical (unpaired) electrons. The molecule has 2 N–H and O–H groups in total. The number of hydrogen-bond acceptors (Lipinski definition) is 4. The SMILES string of the molecule is CCCCCNC(=O)c1ccc(NCCC)c([N+](=O)[O-])c1. The van der Waals surface area contributed by atoms with E-state index in [9.17, 15) is 14.9 Å². The number of carbonyl (C=O) groups is 1. The molecule has 0 unspecified atom stereocenters. The summed E-state index contributed by atoms with van der Waals surface area (Å²) in [6, 6.07) is 4.53. The Bertz CT molecular complexity index is 489. The van der Waals surface area contributed by atoms with Gasteiger partial charge < -0.3 is 10.6 Å². The van der Waals surface area contributed by atoms with E-state index >= 15 is 0 Å². The molecule has 6 heteroatoms. The summed E-state index contributed by atoms with van der Waals surface area (Å²) in [5.41, 5.74) is 0.703. The molecule has 6 nitrogen and oxygen atoms in total. The molecule has 0 aromatic heterocycles. The van der Waals surface area contributed by atoms with Gasteiger partial charge in [0.05, 0.1) is 4.92 Å². The van der Waals surface area contributed by atoms with Crippen molar-refractivity contribution in [1.82, 2.24) is 5.32 Å². The smallest absolute Gasteiger partial charge is 0.293 e. The van der Waals surface area contributed by atoms with Crippen LogP contribution >= 0.6 is 0 Å². The Morgan fingerprint density at radius 3 is 2.57 bits per heavy atom. The maximum atomic E-state index is 12.0. The van der Waals surface area contributed by atoms with Crippen LogP contribution in [0.25, 0.3) is 0 Å². The number of anilines is 1. The van der Waals surface area contributed by atoms with Gasteiger partial charge in [-0.1, -0.05) is 26.7 Å². The minimum Gasteiger partial charge on any atom is -0.380 e. The Hall–Kier alpha value is -2.11. The lowest BCUT2D eigenvalue weighted by Gasteiger charge is -2.08. The zero-order valence-corrected chi connectivity index (χ0v) is 12.6. The molecule has 1 aromatic carbocycles. The number of nitrogens with zero attached hydrogens (tertiary/aromatic N) is 1. The van der Waals surface area contributed by atoms with Crippen molar-refractivity contribution in [2.24, 2.45) is 0 Å². The van der Waals surface area contributed by atoms with Gasteiger partial charge in [0.2, 0.25) is 0 Å². The van der Waals surface area contributed by atoms with Gasteiger partial charge in [-0.05, 0) is 25.0 Å². The third kappa shape index (κ3) is 5.41. The van der Waals surface area contributed by atoms with Crippen LogP contribution in [-0.4, -0.2) is 23.9 Å². The molecular formula is C15H23N3O3. The molecular weight excluding hydrogens is 270 g/mol. The second-order valence-corrected chi connectivity index (χ2v) is 4.88. The number of nitrogens with one attached hydrogen (secondary N) is 2. The second-order valence-electron chi connectivity index (χ2n) is 4.88. The number of amides is 1. The van der Waals surface area contributed by atoms with Crippen LogP contribution in [0.3, 0.4) is 0 Å². The number of rotatable bonds is 9. The average Bonchev–Trinajstić information content (AvgIpc) is 2.49. The number of hydrogen-bond donors (Lipinski definition) is 2. The molecule has 0 heterocycles. The predicted molar refractivity (Wildman–Crippen MR) is 83.7 cm³/mol. The van der Waals surface area contributed by atoms with Crippen LogP contribution in [0.4, 0.5) is 11.4 Å². The van der Waals surface area contributed by atoms with Crippen LogP contribution in [0.1, 0.15) is 49.9 Å². The molecule has 0 saturated carbocycles. The highest BCUT2D eigenvalue weighted by Gasteiger charge is 2.17. The highest BCUT2D eigenvalue weighted by atomic mass is 16.6. The summed E-state index contributed by atoms with van der Waals surface area (Å²) in [4.78, 5) is 22.6. The Kier molecular flexibility index (Phi) is 7.21. The number of nitro benzene ring substituents is 1. The molecule has 21 heavy (non-hydrogen) atoms. The maximum Gasteiger partial charge on any atom is 0.293 e. The molecule has 1 rings (SSSR count). The summed E-state index contributed by atoms with van der Waals surface area (Å²) in [6.45, 7) is 5.32. The number of unbranched alkanes of at least 4 members (excludes halogenated alkanes) is 2. The molecule has 0 spiro atoms. The third-order valence-corrected chi connectivity index (χ3v) is 3.09. The lowest BCUT2D eigenvalue weighted by atomic mass is 10.1. The average molecular weight is 293 g/mol. The summed E-state index contributed by atoms with van der Waals surface area (Å²) in [5, 5.41) is 16.9. The van der Waals surface area contributed by atoms with Gasteiger partial charge in [0, 0.05) is 24.7 Å². The van der Waals surface area contributed by atoms with Crippen molar-refractivity contribution in [2.45, 2.75) is 39.5 Å². The van der Waals surface area contributed by atoms with Gasteiger partial charge in [0.15, 0.2) is 0 Å². The Labute approximate surface area is 125 Å². The zero-order valence-electron chi connectivity index (χ0n) is 12.6. The lowest BCUT2D eigenvalue weighted by Crippen LogP contribution is -2.24. The van der Waals surface area contributed by atoms with Gasteiger partial charge in [-0.2, -0.15) is 0 Å². The van der Waals surface area contributed by atoms with Crippen molar-refractivity contribution in [3.63, 3.8) is 0 Å². The number of benzene rings is 1. The van der Waals surface area contributed by atoms with Gasteiger partial charge in [-0.15, -0.1) is 0 Å². The summed E-state index contributed by atoms with van der Waals surface area (Å²) < 4.78 is 0. The molecule has 0 saturated heterocycles. The van der Waals surface area contributed by atoms with Crippen LogP contribution in [0.5, 0.6) is 0 Å². The van der Waals surface area contributed by atoms with E-state index in [1.165, 1.54) is 6.07 Å². The van der Waals surface area contributed by atoms with E-state index in [0.717, 1.165) is 25.7 Å². The van der Waals surface area contributed by atoms with Gasteiger partial charge in [0.25, 0.3) is 11.6 Å². The quantitative estimate of drug-likeness (QED) is 0.415. The normalized spacial score (nSPS) is 10.2. The Morgan fingerprint density at radius 2 is 1.95 bits per heavy atom. The minimum atomic E-state index is -0.466. The van der Waals surface area contributed by atoms with Crippen molar-refractivity contribution in [3.05, 3.63) is 33.9 Å². The van der Waals surface area contributed by atoms with Gasteiger partial charge in [-0.25, -0.2) is 0 Å². The largest absolute Gasteiger partial charge is 0.380 e. The van der Waals surface area contributed by atoms with E-state index in [4.69, 9.17) is 0 Å². The Morgan fingerprint density at radius 1 is 1.19 bits per heavy atom. The topological polar surface area (TPSA) is 84.3 Å². The first-order valence-electron chi connectivity index (χ1n) is 7.40. The van der Waals surface area contributed by atoms with Crippen LogP contribution in [0.2, 0.25) is 0 Å². The standard InChI is InChI=1S/C15H23N3O3/c1-3-5-6-10-17-15(19)12-7-8-13(16-9-4-2)14(11-12)18(20)21/h7-8,11,16H,3-6,9-10H2,1-2H3,(H,17,19). The van der Waals surface area contributed by atoms with Crippen LogP contribution < -0.4 is 10.6 Å². The summed E-state index contributed by atoms with van der Waals surface area (Å²) in [6.07, 6.45) is 3.93. The van der Waals surface area contributed by atoms with Crippen molar-refractivity contribution >= 4 is 17.3 Å². The monoisotopic (exact) mass is 293 g/mol. The van der Waals surface area contributed by atoms with Crippen molar-refractivity contribution in [2.75, 3.05) is 18.4 Å². The Balaban J connectivity index is 2.77. The first-order valence-corrected chi connectivity index (χ1v) is 7.40. The number of carbonyl (C=O) groups excluding carboxylic acids is 1.